The second kappa shape index (κ2) is 7.53. The maximum absolute atomic E-state index is 12.4. The van der Waals surface area contributed by atoms with E-state index in [0.717, 1.165) is 12.8 Å². The molecule has 24 heavy (non-hydrogen) atoms. The summed E-state index contributed by atoms with van der Waals surface area (Å²) >= 11 is 0. The molecule has 2 atom stereocenters. The van der Waals surface area contributed by atoms with E-state index >= 15 is 0 Å². The van der Waals surface area contributed by atoms with E-state index in [2.05, 4.69) is 5.32 Å². The van der Waals surface area contributed by atoms with Crippen molar-refractivity contribution in [2.24, 2.45) is 0 Å². The number of hydrogen-bond acceptors (Lipinski definition) is 6. The van der Waals surface area contributed by atoms with Crippen LogP contribution in [0.15, 0.2) is 11.6 Å². The molecule has 1 aliphatic carbocycles. The molecule has 7 heteroatoms. The summed E-state index contributed by atoms with van der Waals surface area (Å²) < 4.78 is 22.2. The summed E-state index contributed by atoms with van der Waals surface area (Å²) in [5.74, 6) is -1.45. The first-order chi connectivity index (χ1) is 11.3. The molecule has 1 fully saturated rings. The Bertz CT molecular complexity index is 515. The molecule has 0 saturated carbocycles. The molecule has 0 aromatic heterocycles. The maximum atomic E-state index is 12.4. The summed E-state index contributed by atoms with van der Waals surface area (Å²) in [6, 6.07) is 0. The van der Waals surface area contributed by atoms with Gasteiger partial charge in [0, 0.05) is 0 Å². The first-order valence-electron chi connectivity index (χ1n) is 8.55. The highest BCUT2D eigenvalue weighted by atomic mass is 16.8. The topological polar surface area (TPSA) is 83.1 Å². The number of alkyl carbamates (subject to hydrolysis) is 1. The number of unbranched alkanes of at least 4 members (excludes halogenated alkanes) is 1. The summed E-state index contributed by atoms with van der Waals surface area (Å²) in [5.41, 5.74) is -1.12. The van der Waals surface area contributed by atoms with E-state index < -0.39 is 29.7 Å². The van der Waals surface area contributed by atoms with Crippen LogP contribution in [0, 0.1) is 0 Å². The zero-order valence-electron chi connectivity index (χ0n) is 14.8. The molecule has 0 aromatic carbocycles. The third-order valence-electron chi connectivity index (χ3n) is 3.98. The summed E-state index contributed by atoms with van der Waals surface area (Å²) in [4.78, 5) is 24.6. The summed E-state index contributed by atoms with van der Waals surface area (Å²) in [6.45, 7) is 7.79. The Labute approximate surface area is 142 Å². The van der Waals surface area contributed by atoms with Gasteiger partial charge in [0.05, 0.1) is 18.8 Å². The molecular formula is C17H27NO6. The number of amides is 1. The summed E-state index contributed by atoms with van der Waals surface area (Å²) in [6.07, 6.45) is 3.59. The summed E-state index contributed by atoms with van der Waals surface area (Å²) in [5, 5.41) is 2.72. The van der Waals surface area contributed by atoms with Crippen LogP contribution in [0.25, 0.3) is 0 Å². The molecule has 1 saturated heterocycles. The van der Waals surface area contributed by atoms with Gasteiger partial charge >= 0.3 is 12.1 Å². The normalized spacial score (nSPS) is 27.8. The van der Waals surface area contributed by atoms with Gasteiger partial charge in [-0.05, 0) is 40.0 Å². The lowest BCUT2D eigenvalue weighted by Crippen LogP contribution is -2.59. The summed E-state index contributed by atoms with van der Waals surface area (Å²) in [7, 11) is 0. The molecular weight excluding hydrogens is 314 g/mol. The van der Waals surface area contributed by atoms with Crippen LogP contribution in [0.5, 0.6) is 0 Å². The van der Waals surface area contributed by atoms with Crippen LogP contribution < -0.4 is 5.32 Å². The number of carbonyl (C=O) groups excluding carboxylic acids is 2. The van der Waals surface area contributed by atoms with Crippen LogP contribution in [-0.4, -0.2) is 42.9 Å². The first-order valence-corrected chi connectivity index (χ1v) is 8.55. The third kappa shape index (κ3) is 3.89. The highest BCUT2D eigenvalue weighted by molar-refractivity contribution is 5.92. The van der Waals surface area contributed by atoms with Gasteiger partial charge in [0.25, 0.3) is 0 Å². The van der Waals surface area contributed by atoms with E-state index in [9.17, 15) is 9.59 Å². The fourth-order valence-electron chi connectivity index (χ4n) is 3.04. The lowest BCUT2D eigenvalue weighted by molar-refractivity contribution is -0.164. The van der Waals surface area contributed by atoms with E-state index in [1.807, 2.05) is 6.92 Å². The van der Waals surface area contributed by atoms with Gasteiger partial charge in [-0.3, -0.25) is 5.32 Å². The highest BCUT2D eigenvalue weighted by Gasteiger charge is 2.59. The number of nitrogens with one attached hydrogen (secondary N) is 1. The molecule has 2 aliphatic rings. The third-order valence-corrected chi connectivity index (χ3v) is 3.98. The number of allylic oxidation sites excluding steroid dienone is 1. The fraction of sp³-hybridized carbons (Fsp3) is 0.765. The standard InChI is InChI=1S/C17H27NO6/c1-5-7-11-22-15(20)18-17-12(14(19)21-6-2)9-8-10-13(17)23-16(3,4)24-17/h9,13H,5-8,10-11H2,1-4H3,(H,18,20). The lowest BCUT2D eigenvalue weighted by atomic mass is 9.87. The first kappa shape index (κ1) is 18.7. The number of fused-ring (bicyclic) bond motifs is 1. The van der Waals surface area contributed by atoms with Gasteiger partial charge < -0.3 is 18.9 Å². The van der Waals surface area contributed by atoms with Gasteiger partial charge in [0.15, 0.2) is 5.79 Å². The van der Waals surface area contributed by atoms with Crippen molar-refractivity contribution in [1.82, 2.24) is 5.32 Å². The van der Waals surface area contributed by atoms with E-state index in [1.165, 1.54) is 0 Å². The lowest BCUT2D eigenvalue weighted by Gasteiger charge is -2.36. The fourth-order valence-corrected chi connectivity index (χ4v) is 3.04. The quantitative estimate of drug-likeness (QED) is 0.591. The minimum absolute atomic E-state index is 0.238. The second-order valence-corrected chi connectivity index (χ2v) is 6.37. The molecule has 1 heterocycles. The minimum Gasteiger partial charge on any atom is -0.463 e. The van der Waals surface area contributed by atoms with Gasteiger partial charge in [-0.2, -0.15) is 0 Å². The molecule has 2 rings (SSSR count). The number of rotatable bonds is 6. The molecule has 1 amide bonds. The van der Waals surface area contributed by atoms with Gasteiger partial charge in [0.1, 0.15) is 6.10 Å². The smallest absolute Gasteiger partial charge is 0.409 e. The molecule has 7 nitrogen and oxygen atoms in total. The van der Waals surface area contributed by atoms with Crippen molar-refractivity contribution in [3.05, 3.63) is 11.6 Å². The van der Waals surface area contributed by atoms with Crippen molar-refractivity contribution in [3.63, 3.8) is 0 Å². The van der Waals surface area contributed by atoms with Crippen LogP contribution >= 0.6 is 0 Å². The van der Waals surface area contributed by atoms with Crippen molar-refractivity contribution in [3.8, 4) is 0 Å². The van der Waals surface area contributed by atoms with Crippen molar-refractivity contribution in [2.45, 2.75) is 71.0 Å². The van der Waals surface area contributed by atoms with Crippen molar-refractivity contribution in [2.75, 3.05) is 13.2 Å². The van der Waals surface area contributed by atoms with Crippen molar-refractivity contribution >= 4 is 12.1 Å². The average molecular weight is 341 g/mol. The van der Waals surface area contributed by atoms with E-state index in [0.29, 0.717) is 19.4 Å². The van der Waals surface area contributed by atoms with Crippen LogP contribution in [0.1, 0.15) is 53.4 Å². The maximum Gasteiger partial charge on any atom is 0.409 e. The monoisotopic (exact) mass is 341 g/mol. The van der Waals surface area contributed by atoms with Crippen LogP contribution in [0.4, 0.5) is 4.79 Å². The number of carbonyl (C=O) groups is 2. The van der Waals surface area contributed by atoms with Crippen LogP contribution in [0.3, 0.4) is 0 Å². The number of hydrogen-bond donors (Lipinski definition) is 1. The van der Waals surface area contributed by atoms with E-state index in [-0.39, 0.29) is 12.2 Å². The molecule has 1 N–H and O–H groups in total. The molecule has 2 unspecified atom stereocenters. The SMILES string of the molecule is CCCCOC(=O)NC12OC(C)(C)OC1CCC=C2C(=O)OCC. The Hall–Kier alpha value is -1.60. The van der Waals surface area contributed by atoms with Crippen LogP contribution in [-0.2, 0) is 23.7 Å². The van der Waals surface area contributed by atoms with Crippen molar-refractivity contribution < 1.29 is 28.5 Å². The molecule has 1 aliphatic heterocycles. The van der Waals surface area contributed by atoms with Gasteiger partial charge in [-0.1, -0.05) is 19.4 Å². The van der Waals surface area contributed by atoms with Gasteiger partial charge in [-0.25, -0.2) is 9.59 Å². The zero-order chi connectivity index (χ0) is 17.8. The number of esters is 1. The molecule has 136 valence electrons. The molecule has 0 bridgehead atoms. The largest absolute Gasteiger partial charge is 0.463 e. The van der Waals surface area contributed by atoms with Crippen molar-refractivity contribution in [1.29, 1.82) is 0 Å². The van der Waals surface area contributed by atoms with E-state index in [4.69, 9.17) is 18.9 Å². The Kier molecular flexibility index (Phi) is 5.87. The predicted molar refractivity (Wildman–Crippen MR) is 86.1 cm³/mol. The predicted octanol–water partition coefficient (Wildman–Crippen LogP) is 2.64. The molecule has 0 aromatic rings. The number of ether oxygens (including phenoxy) is 4. The Morgan fingerprint density at radius 1 is 1.33 bits per heavy atom. The zero-order valence-corrected chi connectivity index (χ0v) is 14.8. The Morgan fingerprint density at radius 2 is 2.08 bits per heavy atom. The molecule has 0 spiro atoms. The Morgan fingerprint density at radius 3 is 2.75 bits per heavy atom. The van der Waals surface area contributed by atoms with Gasteiger partial charge in [0.2, 0.25) is 5.72 Å². The van der Waals surface area contributed by atoms with Crippen LogP contribution in [0.2, 0.25) is 0 Å². The molecule has 0 radical (unpaired) electrons. The average Bonchev–Trinajstić information content (AvgIpc) is 2.76. The second-order valence-electron chi connectivity index (χ2n) is 6.37. The van der Waals surface area contributed by atoms with E-state index in [1.54, 1.807) is 26.8 Å². The highest BCUT2D eigenvalue weighted by Crippen LogP contribution is 2.44. The minimum atomic E-state index is -1.38. The van der Waals surface area contributed by atoms with Gasteiger partial charge in [-0.15, -0.1) is 0 Å². The Balaban J connectivity index is 2.25.